The summed E-state index contributed by atoms with van der Waals surface area (Å²) < 4.78 is 3.61. The molecule has 1 atom stereocenters. The highest BCUT2D eigenvalue weighted by molar-refractivity contribution is 6.30. The number of hydrogen-bond acceptors (Lipinski definition) is 5. The number of rotatable bonds is 4. The van der Waals surface area contributed by atoms with Crippen molar-refractivity contribution >= 4 is 17.6 Å². The molecule has 1 aromatic carbocycles. The average Bonchev–Trinajstić information content (AvgIpc) is 3.22. The summed E-state index contributed by atoms with van der Waals surface area (Å²) in [5.74, 6) is 0.649. The lowest BCUT2D eigenvalue weighted by atomic mass is 10.1. The summed E-state index contributed by atoms with van der Waals surface area (Å²) in [6.45, 7) is 3.01. The third-order valence-electron chi connectivity index (χ3n) is 4.54. The summed E-state index contributed by atoms with van der Waals surface area (Å²) in [6, 6.07) is 8.61. The van der Waals surface area contributed by atoms with Gasteiger partial charge in [0.2, 0.25) is 0 Å². The molecule has 9 heteroatoms. The summed E-state index contributed by atoms with van der Waals surface area (Å²) in [4.78, 5) is 13.6. The van der Waals surface area contributed by atoms with Crippen molar-refractivity contribution < 1.29 is 9.90 Å². The minimum absolute atomic E-state index is 0.335. The van der Waals surface area contributed by atoms with E-state index in [1.54, 1.807) is 16.8 Å². The second kappa shape index (κ2) is 6.54. The molecule has 1 N–H and O–H groups in total. The van der Waals surface area contributed by atoms with E-state index in [1.165, 1.54) is 0 Å². The van der Waals surface area contributed by atoms with Gasteiger partial charge in [-0.15, -0.1) is 10.2 Å². The van der Waals surface area contributed by atoms with Gasteiger partial charge in [-0.25, -0.2) is 4.68 Å². The SMILES string of the molecule is Cc1nnc2n1CC(C(=O)O)N(Cc1ccn(-c3ccc(Cl)cc3)n1)C2. The first-order chi connectivity index (χ1) is 12.5. The van der Waals surface area contributed by atoms with E-state index in [-0.39, 0.29) is 0 Å². The summed E-state index contributed by atoms with van der Waals surface area (Å²) in [6.07, 6.45) is 1.85. The van der Waals surface area contributed by atoms with Crippen LogP contribution < -0.4 is 0 Å². The number of aromatic nitrogens is 5. The normalized spacial score (nSPS) is 17.2. The Hall–Kier alpha value is -2.71. The molecule has 1 unspecified atom stereocenters. The number of carboxylic acid groups (broad SMARTS) is 1. The van der Waals surface area contributed by atoms with Crippen LogP contribution in [0.25, 0.3) is 5.69 Å². The Balaban J connectivity index is 1.56. The number of aliphatic carboxylic acids is 1. The molecule has 3 aromatic rings. The third kappa shape index (κ3) is 3.09. The largest absolute Gasteiger partial charge is 0.480 e. The van der Waals surface area contributed by atoms with Crippen molar-refractivity contribution in [3.63, 3.8) is 0 Å². The Labute approximate surface area is 154 Å². The van der Waals surface area contributed by atoms with Gasteiger partial charge >= 0.3 is 5.97 Å². The number of halogens is 1. The van der Waals surface area contributed by atoms with E-state index in [0.29, 0.717) is 24.7 Å². The van der Waals surface area contributed by atoms with E-state index < -0.39 is 12.0 Å². The highest BCUT2D eigenvalue weighted by Gasteiger charge is 2.33. The fraction of sp³-hybridized carbons (Fsp3) is 0.294. The van der Waals surface area contributed by atoms with Crippen LogP contribution in [0.15, 0.2) is 36.5 Å². The van der Waals surface area contributed by atoms with Gasteiger partial charge in [0.25, 0.3) is 0 Å². The Morgan fingerprint density at radius 3 is 2.77 bits per heavy atom. The molecule has 3 heterocycles. The van der Waals surface area contributed by atoms with E-state index in [0.717, 1.165) is 23.0 Å². The molecule has 0 fully saturated rings. The molecule has 1 aliphatic rings. The Bertz CT molecular complexity index is 949. The van der Waals surface area contributed by atoms with Gasteiger partial charge in [0.1, 0.15) is 17.7 Å². The number of nitrogens with zero attached hydrogens (tertiary/aromatic N) is 6. The molecule has 26 heavy (non-hydrogen) atoms. The molecule has 2 aromatic heterocycles. The highest BCUT2D eigenvalue weighted by atomic mass is 35.5. The van der Waals surface area contributed by atoms with Crippen LogP contribution in [0.1, 0.15) is 17.3 Å². The van der Waals surface area contributed by atoms with Crippen molar-refractivity contribution in [2.75, 3.05) is 0 Å². The molecule has 0 radical (unpaired) electrons. The van der Waals surface area contributed by atoms with Crippen molar-refractivity contribution in [1.82, 2.24) is 29.4 Å². The molecule has 0 spiro atoms. The third-order valence-corrected chi connectivity index (χ3v) is 4.79. The zero-order chi connectivity index (χ0) is 18.3. The zero-order valence-corrected chi connectivity index (χ0v) is 14.8. The van der Waals surface area contributed by atoms with Crippen molar-refractivity contribution in [3.8, 4) is 5.69 Å². The average molecular weight is 373 g/mol. The first-order valence-corrected chi connectivity index (χ1v) is 8.55. The smallest absolute Gasteiger partial charge is 0.322 e. The Morgan fingerprint density at radius 2 is 2.04 bits per heavy atom. The topological polar surface area (TPSA) is 89.1 Å². The molecular formula is C17H17ClN6O2. The van der Waals surface area contributed by atoms with Crippen LogP contribution in [0, 0.1) is 6.92 Å². The van der Waals surface area contributed by atoms with E-state index in [1.807, 2.05) is 40.8 Å². The number of fused-ring (bicyclic) bond motifs is 1. The number of hydrogen-bond donors (Lipinski definition) is 1. The van der Waals surface area contributed by atoms with Gasteiger partial charge in [0.15, 0.2) is 0 Å². The molecule has 1 aliphatic heterocycles. The lowest BCUT2D eigenvalue weighted by molar-refractivity contribution is -0.145. The predicted octanol–water partition coefficient (Wildman–Crippen LogP) is 1.89. The standard InChI is InChI=1S/C17H17ClN6O2/c1-11-19-20-16-10-22(15(17(25)26)9-23(11)16)8-13-6-7-24(21-13)14-4-2-12(18)3-5-14/h2-7,15H,8-10H2,1H3,(H,25,26). The molecule has 0 saturated heterocycles. The number of carbonyl (C=O) groups is 1. The van der Waals surface area contributed by atoms with Crippen LogP contribution in [0.3, 0.4) is 0 Å². The molecule has 4 rings (SSSR count). The molecule has 0 aliphatic carbocycles. The predicted molar refractivity (Wildman–Crippen MR) is 94.0 cm³/mol. The van der Waals surface area contributed by atoms with Crippen LogP contribution in [-0.2, 0) is 24.4 Å². The van der Waals surface area contributed by atoms with Crippen LogP contribution in [-0.4, -0.2) is 46.6 Å². The maximum absolute atomic E-state index is 11.7. The summed E-state index contributed by atoms with van der Waals surface area (Å²) >= 11 is 5.92. The first kappa shape index (κ1) is 16.7. The molecule has 8 nitrogen and oxygen atoms in total. The fourth-order valence-electron chi connectivity index (χ4n) is 3.15. The van der Waals surface area contributed by atoms with Gasteiger partial charge in [0, 0.05) is 17.8 Å². The summed E-state index contributed by atoms with van der Waals surface area (Å²) in [5, 5.41) is 23.0. The minimum Gasteiger partial charge on any atom is -0.480 e. The molecular weight excluding hydrogens is 356 g/mol. The lowest BCUT2D eigenvalue weighted by Gasteiger charge is -2.32. The second-order valence-corrected chi connectivity index (χ2v) is 6.70. The van der Waals surface area contributed by atoms with Crippen LogP contribution in [0.5, 0.6) is 0 Å². The molecule has 0 bridgehead atoms. The van der Waals surface area contributed by atoms with Crippen LogP contribution in [0.4, 0.5) is 0 Å². The molecule has 134 valence electrons. The van der Waals surface area contributed by atoms with Gasteiger partial charge < -0.3 is 9.67 Å². The van der Waals surface area contributed by atoms with E-state index in [2.05, 4.69) is 15.3 Å². The van der Waals surface area contributed by atoms with E-state index >= 15 is 0 Å². The zero-order valence-electron chi connectivity index (χ0n) is 14.1. The van der Waals surface area contributed by atoms with Crippen molar-refractivity contribution in [1.29, 1.82) is 0 Å². The quantitative estimate of drug-likeness (QED) is 0.752. The van der Waals surface area contributed by atoms with Crippen molar-refractivity contribution in [3.05, 3.63) is 58.9 Å². The molecule has 0 amide bonds. The van der Waals surface area contributed by atoms with Gasteiger partial charge in [-0.2, -0.15) is 5.10 Å². The minimum atomic E-state index is -0.860. The maximum Gasteiger partial charge on any atom is 0.322 e. The van der Waals surface area contributed by atoms with Gasteiger partial charge in [-0.3, -0.25) is 9.69 Å². The summed E-state index contributed by atoms with van der Waals surface area (Å²) in [5.41, 5.74) is 1.68. The molecule has 0 saturated carbocycles. The Kier molecular flexibility index (Phi) is 4.21. The van der Waals surface area contributed by atoms with Gasteiger partial charge in [-0.1, -0.05) is 11.6 Å². The second-order valence-electron chi connectivity index (χ2n) is 6.26. The van der Waals surface area contributed by atoms with Crippen LogP contribution in [0.2, 0.25) is 5.02 Å². The van der Waals surface area contributed by atoms with Gasteiger partial charge in [-0.05, 0) is 37.3 Å². The monoisotopic (exact) mass is 372 g/mol. The number of carboxylic acids is 1. The number of aryl methyl sites for hydroxylation is 1. The van der Waals surface area contributed by atoms with E-state index in [4.69, 9.17) is 11.6 Å². The van der Waals surface area contributed by atoms with Crippen molar-refractivity contribution in [2.45, 2.75) is 32.6 Å². The summed E-state index contributed by atoms with van der Waals surface area (Å²) in [7, 11) is 0. The lowest BCUT2D eigenvalue weighted by Crippen LogP contribution is -2.47. The maximum atomic E-state index is 11.7. The fourth-order valence-corrected chi connectivity index (χ4v) is 3.28. The van der Waals surface area contributed by atoms with Gasteiger partial charge in [0.05, 0.1) is 24.5 Å². The first-order valence-electron chi connectivity index (χ1n) is 8.17. The Morgan fingerprint density at radius 1 is 1.27 bits per heavy atom. The van der Waals surface area contributed by atoms with Crippen molar-refractivity contribution in [2.24, 2.45) is 0 Å². The number of benzene rings is 1. The highest BCUT2D eigenvalue weighted by Crippen LogP contribution is 2.20. The van der Waals surface area contributed by atoms with Crippen LogP contribution >= 0.6 is 11.6 Å². The van der Waals surface area contributed by atoms with E-state index in [9.17, 15) is 9.90 Å².